The lowest BCUT2D eigenvalue weighted by molar-refractivity contribution is 0.365. The van der Waals surface area contributed by atoms with E-state index in [1.165, 1.54) is 14.2 Å². The van der Waals surface area contributed by atoms with Crippen molar-refractivity contribution in [2.75, 3.05) is 14.2 Å². The first-order chi connectivity index (χ1) is 6.54. The average Bonchev–Trinajstić information content (AvgIpc) is 2.16. The van der Waals surface area contributed by atoms with Crippen molar-refractivity contribution < 1.29 is 14.6 Å². The zero-order valence-electron chi connectivity index (χ0n) is 7.40. The highest BCUT2D eigenvalue weighted by atomic mass is 35.5. The van der Waals surface area contributed by atoms with Gasteiger partial charge in [-0.05, 0) is 0 Å². The van der Waals surface area contributed by atoms with Gasteiger partial charge in [-0.1, -0.05) is 34.8 Å². The summed E-state index contributed by atoms with van der Waals surface area (Å²) in [7, 11) is 2.74. The Morgan fingerprint density at radius 2 is 1.36 bits per heavy atom. The number of rotatable bonds is 2. The van der Waals surface area contributed by atoms with Gasteiger partial charge in [0, 0.05) is 0 Å². The Kier molecular flexibility index (Phi) is 3.59. The molecule has 1 aromatic rings. The number of phenols is 1. The number of phenolic OH excluding ortho intramolecular Hbond substituents is 1. The second-order valence-electron chi connectivity index (χ2n) is 2.36. The molecule has 78 valence electrons. The van der Waals surface area contributed by atoms with Crippen LogP contribution in [0.1, 0.15) is 0 Å². The van der Waals surface area contributed by atoms with E-state index in [-0.39, 0.29) is 32.3 Å². The van der Waals surface area contributed by atoms with Crippen LogP contribution in [0.4, 0.5) is 0 Å². The molecule has 1 N–H and O–H groups in total. The van der Waals surface area contributed by atoms with E-state index in [1.807, 2.05) is 0 Å². The standard InChI is InChI=1S/C8H7Cl3O3/c1-13-7-4(10)3(9)6(12)8(14-2)5(7)11/h12H,1-2H3. The van der Waals surface area contributed by atoms with Crippen LogP contribution in [0.5, 0.6) is 17.2 Å². The predicted molar refractivity (Wildman–Crippen MR) is 56.2 cm³/mol. The van der Waals surface area contributed by atoms with Crippen LogP contribution in [0, 0.1) is 0 Å². The molecule has 0 fully saturated rings. The van der Waals surface area contributed by atoms with Gasteiger partial charge in [0.1, 0.15) is 15.1 Å². The Bertz CT molecular complexity index is 334. The molecule has 0 aliphatic heterocycles. The molecule has 3 nitrogen and oxygen atoms in total. The van der Waals surface area contributed by atoms with Crippen molar-refractivity contribution in [3.05, 3.63) is 15.1 Å². The fraction of sp³-hybridized carbons (Fsp3) is 0.250. The molecule has 0 aliphatic carbocycles. The monoisotopic (exact) mass is 256 g/mol. The second kappa shape index (κ2) is 4.34. The molecule has 0 aliphatic rings. The molecular formula is C8H7Cl3O3. The molecule has 14 heavy (non-hydrogen) atoms. The number of methoxy groups -OCH3 is 2. The quantitative estimate of drug-likeness (QED) is 0.826. The average molecular weight is 258 g/mol. The van der Waals surface area contributed by atoms with Crippen LogP contribution in [0.25, 0.3) is 0 Å². The molecule has 1 rings (SSSR count). The van der Waals surface area contributed by atoms with Gasteiger partial charge in [0.25, 0.3) is 0 Å². The van der Waals surface area contributed by atoms with Crippen LogP contribution in [0.2, 0.25) is 15.1 Å². The second-order valence-corrected chi connectivity index (χ2v) is 3.49. The van der Waals surface area contributed by atoms with Crippen LogP contribution in [-0.2, 0) is 0 Å². The van der Waals surface area contributed by atoms with E-state index in [2.05, 4.69) is 0 Å². The van der Waals surface area contributed by atoms with Crippen molar-refractivity contribution in [3.63, 3.8) is 0 Å². The topological polar surface area (TPSA) is 38.7 Å². The third kappa shape index (κ3) is 1.67. The number of aromatic hydroxyl groups is 1. The Morgan fingerprint density at radius 1 is 0.857 bits per heavy atom. The molecule has 0 spiro atoms. The summed E-state index contributed by atoms with van der Waals surface area (Å²) in [6.45, 7) is 0. The van der Waals surface area contributed by atoms with E-state index in [0.29, 0.717) is 0 Å². The number of halogens is 3. The minimum atomic E-state index is -0.301. The van der Waals surface area contributed by atoms with Crippen molar-refractivity contribution >= 4 is 34.8 Å². The van der Waals surface area contributed by atoms with Gasteiger partial charge in [-0.25, -0.2) is 0 Å². The molecule has 0 unspecified atom stereocenters. The summed E-state index contributed by atoms with van der Waals surface area (Å²) in [5, 5.41) is 9.58. The van der Waals surface area contributed by atoms with E-state index < -0.39 is 0 Å². The molecule has 0 bridgehead atoms. The van der Waals surface area contributed by atoms with E-state index in [1.54, 1.807) is 0 Å². The summed E-state index contributed by atoms with van der Waals surface area (Å²) >= 11 is 17.3. The molecule has 0 radical (unpaired) electrons. The molecule has 6 heteroatoms. The SMILES string of the molecule is COc1c(O)c(Cl)c(Cl)c(OC)c1Cl. The lowest BCUT2D eigenvalue weighted by Gasteiger charge is -2.13. The number of hydrogen-bond donors (Lipinski definition) is 1. The van der Waals surface area contributed by atoms with Crippen LogP contribution in [-0.4, -0.2) is 19.3 Å². The van der Waals surface area contributed by atoms with Gasteiger partial charge in [0.2, 0.25) is 0 Å². The van der Waals surface area contributed by atoms with Gasteiger partial charge >= 0.3 is 0 Å². The fourth-order valence-electron chi connectivity index (χ4n) is 0.972. The van der Waals surface area contributed by atoms with E-state index >= 15 is 0 Å². The molecular weight excluding hydrogens is 250 g/mol. The van der Waals surface area contributed by atoms with Gasteiger partial charge in [0.05, 0.1) is 14.2 Å². The third-order valence-electron chi connectivity index (χ3n) is 1.62. The molecule has 0 saturated heterocycles. The van der Waals surface area contributed by atoms with Gasteiger partial charge in [-0.15, -0.1) is 0 Å². The lowest BCUT2D eigenvalue weighted by atomic mass is 10.3. The molecule has 0 heterocycles. The number of benzene rings is 1. The first kappa shape index (κ1) is 11.6. The van der Waals surface area contributed by atoms with Crippen molar-refractivity contribution in [3.8, 4) is 17.2 Å². The predicted octanol–water partition coefficient (Wildman–Crippen LogP) is 3.37. The maximum absolute atomic E-state index is 9.50. The zero-order chi connectivity index (χ0) is 10.9. The normalized spacial score (nSPS) is 10.1. The Labute approximate surface area is 96.1 Å². The van der Waals surface area contributed by atoms with Crippen molar-refractivity contribution in [2.24, 2.45) is 0 Å². The summed E-state index contributed by atoms with van der Waals surface area (Å²) in [6, 6.07) is 0. The molecule has 0 saturated carbocycles. The highest BCUT2D eigenvalue weighted by Gasteiger charge is 2.22. The van der Waals surface area contributed by atoms with Crippen molar-refractivity contribution in [2.45, 2.75) is 0 Å². The first-order valence-corrected chi connectivity index (χ1v) is 4.65. The molecule has 0 atom stereocenters. The minimum Gasteiger partial charge on any atom is -0.503 e. The first-order valence-electron chi connectivity index (χ1n) is 3.52. The molecule has 0 aromatic heterocycles. The Morgan fingerprint density at radius 3 is 1.79 bits per heavy atom. The largest absolute Gasteiger partial charge is 0.503 e. The maximum atomic E-state index is 9.50. The van der Waals surface area contributed by atoms with Crippen molar-refractivity contribution in [1.29, 1.82) is 0 Å². The summed E-state index contributed by atoms with van der Waals surface area (Å²) < 4.78 is 9.76. The molecule has 0 amide bonds. The van der Waals surface area contributed by atoms with Crippen molar-refractivity contribution in [1.82, 2.24) is 0 Å². The van der Waals surface area contributed by atoms with E-state index in [4.69, 9.17) is 44.3 Å². The Balaban J connectivity index is 3.56. The minimum absolute atomic E-state index is 0.0397. The van der Waals surface area contributed by atoms with Gasteiger partial charge in [-0.2, -0.15) is 0 Å². The highest BCUT2D eigenvalue weighted by molar-refractivity contribution is 6.46. The summed E-state index contributed by atoms with van der Waals surface area (Å²) in [5.41, 5.74) is 0. The molecule has 1 aromatic carbocycles. The van der Waals surface area contributed by atoms with Crippen LogP contribution >= 0.6 is 34.8 Å². The summed E-state index contributed by atoms with van der Waals surface area (Å²) in [6.07, 6.45) is 0. The van der Waals surface area contributed by atoms with Gasteiger partial charge in [-0.3, -0.25) is 0 Å². The summed E-state index contributed by atoms with van der Waals surface area (Å²) in [4.78, 5) is 0. The van der Waals surface area contributed by atoms with Crippen LogP contribution in [0.15, 0.2) is 0 Å². The van der Waals surface area contributed by atoms with E-state index in [0.717, 1.165) is 0 Å². The third-order valence-corrected chi connectivity index (χ3v) is 2.79. The number of ether oxygens (including phenoxy) is 2. The van der Waals surface area contributed by atoms with Crippen LogP contribution in [0.3, 0.4) is 0 Å². The zero-order valence-corrected chi connectivity index (χ0v) is 9.67. The Hall–Kier alpha value is -0.510. The lowest BCUT2D eigenvalue weighted by Crippen LogP contribution is -1.92. The number of hydrogen-bond acceptors (Lipinski definition) is 3. The fourth-order valence-corrected chi connectivity index (χ4v) is 1.79. The smallest absolute Gasteiger partial charge is 0.184 e. The highest BCUT2D eigenvalue weighted by Crippen LogP contribution is 2.50. The van der Waals surface area contributed by atoms with Gasteiger partial charge in [0.15, 0.2) is 17.2 Å². The van der Waals surface area contributed by atoms with Gasteiger partial charge < -0.3 is 14.6 Å². The van der Waals surface area contributed by atoms with E-state index in [9.17, 15) is 5.11 Å². The van der Waals surface area contributed by atoms with Crippen LogP contribution < -0.4 is 9.47 Å². The summed E-state index contributed by atoms with van der Waals surface area (Å²) in [5.74, 6) is -0.0872. The maximum Gasteiger partial charge on any atom is 0.184 e.